The molecule has 160 valence electrons. The third-order valence-corrected chi connectivity index (χ3v) is 5.41. The lowest BCUT2D eigenvalue weighted by molar-refractivity contribution is 0.282. The molecule has 0 rings (SSSR count). The van der Waals surface area contributed by atoms with Gasteiger partial charge in [0.1, 0.15) is 0 Å². The Labute approximate surface area is 171 Å². The van der Waals surface area contributed by atoms with Crippen LogP contribution in [0.25, 0.3) is 0 Å². The van der Waals surface area contributed by atoms with Crippen LogP contribution < -0.4 is 5.73 Å². The lowest BCUT2D eigenvalue weighted by Gasteiger charge is -2.11. The maximum absolute atomic E-state index is 8.73. The summed E-state index contributed by atoms with van der Waals surface area (Å²) in [7, 11) is 0. The van der Waals surface area contributed by atoms with Crippen LogP contribution in [0, 0.1) is 0 Å². The minimum Gasteiger partial charge on any atom is -0.396 e. The second-order valence-corrected chi connectivity index (χ2v) is 8.07. The minimum absolute atomic E-state index is 0. The molecule has 1 unspecified atom stereocenters. The van der Waals surface area contributed by atoms with Gasteiger partial charge in [0.15, 0.2) is 0 Å². The average molecular weight is 392 g/mol. The number of unbranched alkanes of at least 4 members (excludes halogenated alkanes) is 16. The third-order valence-electron chi connectivity index (χ3n) is 5.41. The maximum atomic E-state index is 8.73. The van der Waals surface area contributed by atoms with Gasteiger partial charge >= 0.3 is 0 Å². The first-order valence-electron chi connectivity index (χ1n) is 11.7. The number of hydrogen-bond acceptors (Lipinski definition) is 2. The largest absolute Gasteiger partial charge is 0.396 e. The van der Waals surface area contributed by atoms with Crippen LogP contribution in [-0.4, -0.2) is 17.8 Å². The summed E-state index contributed by atoms with van der Waals surface area (Å²) in [6, 6.07) is 0.443. The topological polar surface area (TPSA) is 46.2 Å². The summed E-state index contributed by atoms with van der Waals surface area (Å²) < 4.78 is 0. The maximum Gasteiger partial charge on any atom is 0.0431 e. The van der Waals surface area contributed by atoms with Gasteiger partial charge in [0, 0.05) is 12.6 Å². The van der Waals surface area contributed by atoms with Crippen molar-refractivity contribution in [3.05, 3.63) is 0 Å². The fraction of sp³-hybridized carbons (Fsp3) is 1.00. The summed E-state index contributed by atoms with van der Waals surface area (Å²) >= 11 is 0. The zero-order chi connectivity index (χ0) is 18.4. The van der Waals surface area contributed by atoms with Crippen LogP contribution in [0.2, 0.25) is 0 Å². The van der Waals surface area contributed by atoms with Crippen LogP contribution >= 0.6 is 12.4 Å². The van der Waals surface area contributed by atoms with E-state index in [0.717, 1.165) is 6.42 Å². The van der Waals surface area contributed by atoms with E-state index in [1.54, 1.807) is 0 Å². The predicted octanol–water partition coefficient (Wildman–Crippen LogP) is 7.55. The van der Waals surface area contributed by atoms with Gasteiger partial charge in [0.2, 0.25) is 0 Å². The fourth-order valence-corrected chi connectivity index (χ4v) is 3.62. The number of aliphatic hydroxyl groups excluding tert-OH is 1. The van der Waals surface area contributed by atoms with Gasteiger partial charge in [-0.25, -0.2) is 0 Å². The summed E-state index contributed by atoms with van der Waals surface area (Å²) in [6.07, 6.45) is 26.8. The van der Waals surface area contributed by atoms with Crippen molar-refractivity contribution in [1.82, 2.24) is 0 Å². The molecule has 0 radical (unpaired) electrons. The Bertz CT molecular complexity index is 238. The molecule has 3 heteroatoms. The molecule has 0 aromatic heterocycles. The van der Waals surface area contributed by atoms with Crippen LogP contribution in [0.3, 0.4) is 0 Å². The number of halogens is 1. The normalized spacial score (nSPS) is 12.1. The highest BCUT2D eigenvalue weighted by molar-refractivity contribution is 5.85. The van der Waals surface area contributed by atoms with E-state index in [-0.39, 0.29) is 12.4 Å². The van der Waals surface area contributed by atoms with E-state index in [0.29, 0.717) is 12.6 Å². The Morgan fingerprint density at radius 1 is 0.538 bits per heavy atom. The summed E-state index contributed by atoms with van der Waals surface area (Å²) in [4.78, 5) is 0. The van der Waals surface area contributed by atoms with Crippen molar-refractivity contribution in [3.8, 4) is 0 Å². The predicted molar refractivity (Wildman–Crippen MR) is 120 cm³/mol. The monoisotopic (exact) mass is 391 g/mol. The summed E-state index contributed by atoms with van der Waals surface area (Å²) in [6.45, 7) is 2.64. The Morgan fingerprint density at radius 3 is 1.19 bits per heavy atom. The third kappa shape index (κ3) is 24.2. The van der Waals surface area contributed by atoms with E-state index in [1.165, 1.54) is 122 Å². The lowest BCUT2D eigenvalue weighted by atomic mass is 10.0. The zero-order valence-electron chi connectivity index (χ0n) is 17.9. The smallest absolute Gasteiger partial charge is 0.0431 e. The van der Waals surface area contributed by atoms with Gasteiger partial charge in [-0.1, -0.05) is 116 Å². The first-order valence-corrected chi connectivity index (χ1v) is 11.7. The molecule has 26 heavy (non-hydrogen) atoms. The van der Waals surface area contributed by atoms with E-state index in [2.05, 4.69) is 6.92 Å². The van der Waals surface area contributed by atoms with Gasteiger partial charge < -0.3 is 10.8 Å². The van der Waals surface area contributed by atoms with E-state index >= 15 is 0 Å². The van der Waals surface area contributed by atoms with Gasteiger partial charge in [-0.3, -0.25) is 0 Å². The van der Waals surface area contributed by atoms with Crippen molar-refractivity contribution in [2.45, 2.75) is 141 Å². The van der Waals surface area contributed by atoms with E-state index < -0.39 is 0 Å². The first-order chi connectivity index (χ1) is 12.3. The lowest BCUT2D eigenvalue weighted by Crippen LogP contribution is -2.19. The molecule has 0 heterocycles. The van der Waals surface area contributed by atoms with Gasteiger partial charge in [-0.2, -0.15) is 0 Å². The highest BCUT2D eigenvalue weighted by Gasteiger charge is 2.02. The molecular weight excluding hydrogens is 342 g/mol. The summed E-state index contributed by atoms with van der Waals surface area (Å²) in [5.74, 6) is 0. The van der Waals surface area contributed by atoms with Crippen molar-refractivity contribution in [2.24, 2.45) is 5.73 Å². The second kappa shape index (κ2) is 25.2. The van der Waals surface area contributed by atoms with Gasteiger partial charge in [-0.15, -0.1) is 12.4 Å². The Morgan fingerprint density at radius 2 is 0.846 bits per heavy atom. The van der Waals surface area contributed by atoms with Crippen molar-refractivity contribution in [2.75, 3.05) is 6.61 Å². The molecule has 2 nitrogen and oxygen atoms in total. The molecule has 0 saturated heterocycles. The van der Waals surface area contributed by atoms with Gasteiger partial charge in [0.05, 0.1) is 0 Å². The molecule has 0 spiro atoms. The SMILES string of the molecule is CCCCCCCCCCCCC(N)CCCCCCCCCCO.Cl. The van der Waals surface area contributed by atoms with Crippen molar-refractivity contribution >= 4 is 12.4 Å². The summed E-state index contributed by atoms with van der Waals surface area (Å²) in [5, 5.41) is 8.73. The molecule has 0 aliphatic carbocycles. The number of rotatable bonds is 21. The number of nitrogens with two attached hydrogens (primary N) is 1. The van der Waals surface area contributed by atoms with Crippen LogP contribution in [0.15, 0.2) is 0 Å². The molecule has 1 atom stereocenters. The summed E-state index contributed by atoms with van der Waals surface area (Å²) in [5.41, 5.74) is 6.25. The van der Waals surface area contributed by atoms with Crippen LogP contribution in [0.1, 0.15) is 135 Å². The molecule has 0 aliphatic rings. The molecule has 0 aromatic carbocycles. The Kier molecular flexibility index (Phi) is 27.6. The second-order valence-electron chi connectivity index (χ2n) is 8.07. The van der Waals surface area contributed by atoms with Crippen molar-refractivity contribution in [3.63, 3.8) is 0 Å². The Hall–Kier alpha value is 0.210. The molecule has 0 saturated carbocycles. The van der Waals surface area contributed by atoms with Crippen molar-refractivity contribution < 1.29 is 5.11 Å². The quantitative estimate of drug-likeness (QED) is 0.198. The van der Waals surface area contributed by atoms with E-state index in [4.69, 9.17) is 10.8 Å². The van der Waals surface area contributed by atoms with E-state index in [9.17, 15) is 0 Å². The molecule has 3 N–H and O–H groups in total. The Balaban J connectivity index is 0. The minimum atomic E-state index is 0. The number of hydrogen-bond donors (Lipinski definition) is 2. The first kappa shape index (κ1) is 28.4. The molecular formula is C23H50ClNO. The van der Waals surface area contributed by atoms with Crippen LogP contribution in [-0.2, 0) is 0 Å². The molecule has 0 bridgehead atoms. The highest BCUT2D eigenvalue weighted by Crippen LogP contribution is 2.14. The molecule has 0 amide bonds. The average Bonchev–Trinajstić information content (AvgIpc) is 2.62. The molecule has 0 aromatic rings. The van der Waals surface area contributed by atoms with Crippen LogP contribution in [0.5, 0.6) is 0 Å². The molecule has 0 aliphatic heterocycles. The molecule has 0 fully saturated rings. The van der Waals surface area contributed by atoms with Gasteiger partial charge in [0.25, 0.3) is 0 Å². The fourth-order valence-electron chi connectivity index (χ4n) is 3.62. The zero-order valence-corrected chi connectivity index (χ0v) is 18.7. The van der Waals surface area contributed by atoms with E-state index in [1.807, 2.05) is 0 Å². The standard InChI is InChI=1S/C23H49NO.ClH/c1-2-3-4-5-6-7-8-11-14-17-20-23(24)21-18-15-12-9-10-13-16-19-22-25;/h23,25H,2-22,24H2,1H3;1H. The van der Waals surface area contributed by atoms with Crippen molar-refractivity contribution in [1.29, 1.82) is 0 Å². The highest BCUT2D eigenvalue weighted by atomic mass is 35.5. The number of aliphatic hydroxyl groups is 1. The van der Waals surface area contributed by atoms with Gasteiger partial charge in [-0.05, 0) is 19.3 Å². The van der Waals surface area contributed by atoms with Crippen LogP contribution in [0.4, 0.5) is 0 Å².